The Morgan fingerprint density at radius 1 is 0.660 bits per heavy atom. The lowest BCUT2D eigenvalue weighted by molar-refractivity contribution is -0.151. The summed E-state index contributed by atoms with van der Waals surface area (Å²) in [6, 6.07) is 18.5. The molecule has 3 aliphatic rings. The Balaban J connectivity index is 0.000000185. The van der Waals surface area contributed by atoms with Gasteiger partial charge in [-0.3, -0.25) is 19.6 Å². The summed E-state index contributed by atoms with van der Waals surface area (Å²) in [5.74, 6) is -2.53. The van der Waals surface area contributed by atoms with Gasteiger partial charge in [0.05, 0.1) is 42.4 Å². The minimum absolute atomic E-state index is 0.148. The molecule has 2 aromatic carbocycles. The van der Waals surface area contributed by atoms with E-state index < -0.39 is 28.8 Å². The molecule has 53 heavy (non-hydrogen) atoms. The van der Waals surface area contributed by atoms with E-state index in [1.54, 1.807) is 32.3 Å². The first kappa shape index (κ1) is 37.1. The average molecular weight is 722 g/mol. The lowest BCUT2D eigenvalue weighted by atomic mass is 9.94. The largest absolute Gasteiger partial charge is 0.464 e. The number of amides is 2. The van der Waals surface area contributed by atoms with Gasteiger partial charge in [0.2, 0.25) is 0 Å². The molecule has 2 amide bonds. The highest BCUT2D eigenvalue weighted by molar-refractivity contribution is 6.03. The van der Waals surface area contributed by atoms with Gasteiger partial charge in [-0.2, -0.15) is 0 Å². The molecule has 3 heterocycles. The minimum Gasteiger partial charge on any atom is -0.464 e. The van der Waals surface area contributed by atoms with Crippen molar-refractivity contribution in [2.24, 2.45) is 0 Å². The number of halogens is 1. The van der Waals surface area contributed by atoms with Crippen molar-refractivity contribution < 1.29 is 33.0 Å². The number of rotatable bonds is 9. The number of piperidine rings is 1. The summed E-state index contributed by atoms with van der Waals surface area (Å²) in [5, 5.41) is 5.75. The van der Waals surface area contributed by atoms with Crippen molar-refractivity contribution in [2.45, 2.75) is 69.9 Å². The molecular formula is C41H44FN5O6. The van der Waals surface area contributed by atoms with E-state index >= 15 is 0 Å². The lowest BCUT2D eigenvalue weighted by Crippen LogP contribution is -2.56. The zero-order chi connectivity index (χ0) is 37.4. The molecule has 2 aliphatic carbocycles. The second kappa shape index (κ2) is 16.4. The van der Waals surface area contributed by atoms with Crippen LogP contribution in [0.5, 0.6) is 0 Å². The maximum Gasteiger partial charge on any atom is 0.332 e. The van der Waals surface area contributed by atoms with Gasteiger partial charge < -0.3 is 25.0 Å². The molecule has 0 saturated carbocycles. The maximum absolute atomic E-state index is 13.8. The number of benzene rings is 2. The third kappa shape index (κ3) is 8.06. The van der Waals surface area contributed by atoms with Crippen LogP contribution in [0.15, 0.2) is 85.5 Å². The highest BCUT2D eigenvalue weighted by atomic mass is 19.1. The van der Waals surface area contributed by atoms with Gasteiger partial charge in [0, 0.05) is 51.2 Å². The molecule has 1 fully saturated rings. The van der Waals surface area contributed by atoms with E-state index in [4.69, 9.17) is 9.47 Å². The van der Waals surface area contributed by atoms with E-state index in [-0.39, 0.29) is 30.7 Å². The van der Waals surface area contributed by atoms with Gasteiger partial charge >= 0.3 is 11.9 Å². The molecule has 0 bridgehead atoms. The number of hydrogen-bond donors (Lipinski definition) is 2. The normalized spacial score (nSPS) is 16.2. The van der Waals surface area contributed by atoms with Crippen molar-refractivity contribution in [3.63, 3.8) is 0 Å². The van der Waals surface area contributed by atoms with E-state index in [1.807, 2.05) is 48.5 Å². The summed E-state index contributed by atoms with van der Waals surface area (Å²) in [6.45, 7) is 5.81. The van der Waals surface area contributed by atoms with Crippen LogP contribution in [0.25, 0.3) is 0 Å². The maximum atomic E-state index is 13.8. The fourth-order valence-electron chi connectivity index (χ4n) is 7.43. The molecule has 4 aromatic rings. The molecule has 2 aromatic heterocycles. The van der Waals surface area contributed by atoms with Crippen molar-refractivity contribution in [1.29, 1.82) is 0 Å². The molecule has 276 valence electrons. The summed E-state index contributed by atoms with van der Waals surface area (Å²) in [6.07, 6.45) is 10.6. The van der Waals surface area contributed by atoms with Crippen LogP contribution in [0.2, 0.25) is 0 Å². The van der Waals surface area contributed by atoms with Crippen molar-refractivity contribution in [2.75, 3.05) is 31.2 Å². The van der Waals surface area contributed by atoms with E-state index in [0.717, 1.165) is 60.1 Å². The summed E-state index contributed by atoms with van der Waals surface area (Å²) in [4.78, 5) is 61.4. The number of carbonyl (C=O) groups is 4. The standard InChI is InChI=1S/C23H27N3O3.C18H17FN2O3/c1-2-29-22(28)23(14-17-8-4-5-9-18(17)15-23)25-21(27)19-10-11-24-16-20(19)26-12-6-3-7-13-26;1-2-24-17(23)18(9-12-5-3-4-6-13(12)10-18)21-16(22)14-7-8-20-11-15(14)19/h4-5,8-11,16H,2-3,6-7,12-15H2,1H3,(H,25,27);3-8,11H,2,9-10H2,1H3,(H,21,22). The molecule has 0 unspecified atom stereocenters. The van der Waals surface area contributed by atoms with Crippen LogP contribution in [-0.4, -0.2) is 71.1 Å². The molecule has 2 N–H and O–H groups in total. The Labute approximate surface area is 308 Å². The van der Waals surface area contributed by atoms with Crippen LogP contribution in [0.3, 0.4) is 0 Å². The molecule has 0 atom stereocenters. The van der Waals surface area contributed by atoms with E-state index in [1.165, 1.54) is 18.7 Å². The zero-order valence-corrected chi connectivity index (χ0v) is 30.0. The second-order valence-corrected chi connectivity index (χ2v) is 13.6. The topological polar surface area (TPSA) is 140 Å². The van der Waals surface area contributed by atoms with Crippen molar-refractivity contribution in [3.05, 3.63) is 125 Å². The molecule has 11 nitrogen and oxygen atoms in total. The number of anilines is 1. The van der Waals surface area contributed by atoms with E-state index in [9.17, 15) is 23.6 Å². The lowest BCUT2D eigenvalue weighted by Gasteiger charge is -2.31. The number of aromatic nitrogens is 2. The highest BCUT2D eigenvalue weighted by Crippen LogP contribution is 2.34. The fraction of sp³-hybridized carbons (Fsp3) is 0.366. The first-order chi connectivity index (χ1) is 25.7. The smallest absolute Gasteiger partial charge is 0.332 e. The number of ether oxygens (including phenoxy) is 2. The third-order valence-corrected chi connectivity index (χ3v) is 10.0. The number of carbonyl (C=O) groups excluding carboxylic acids is 4. The van der Waals surface area contributed by atoms with Crippen molar-refractivity contribution in [3.8, 4) is 0 Å². The molecule has 1 aliphatic heterocycles. The van der Waals surface area contributed by atoms with Crippen LogP contribution < -0.4 is 15.5 Å². The molecule has 0 radical (unpaired) electrons. The van der Waals surface area contributed by atoms with Gasteiger partial charge in [0.25, 0.3) is 11.8 Å². The van der Waals surface area contributed by atoms with Gasteiger partial charge in [-0.15, -0.1) is 0 Å². The van der Waals surface area contributed by atoms with Crippen LogP contribution >= 0.6 is 0 Å². The van der Waals surface area contributed by atoms with Gasteiger partial charge in [0.1, 0.15) is 11.1 Å². The summed E-state index contributed by atoms with van der Waals surface area (Å²) in [7, 11) is 0. The Morgan fingerprint density at radius 3 is 1.55 bits per heavy atom. The monoisotopic (exact) mass is 721 g/mol. The first-order valence-corrected chi connectivity index (χ1v) is 18.1. The molecular weight excluding hydrogens is 677 g/mol. The van der Waals surface area contributed by atoms with Crippen LogP contribution in [0, 0.1) is 5.82 Å². The van der Waals surface area contributed by atoms with Gasteiger partial charge in [-0.25, -0.2) is 14.0 Å². The number of nitrogens with one attached hydrogen (secondary N) is 2. The summed E-state index contributed by atoms with van der Waals surface area (Å²) in [5.41, 5.74) is 3.05. The third-order valence-electron chi connectivity index (χ3n) is 10.0. The molecule has 1 saturated heterocycles. The first-order valence-electron chi connectivity index (χ1n) is 18.1. The quantitative estimate of drug-likeness (QED) is 0.230. The Bertz CT molecular complexity index is 1930. The van der Waals surface area contributed by atoms with Crippen molar-refractivity contribution >= 4 is 29.4 Å². The zero-order valence-electron chi connectivity index (χ0n) is 30.0. The predicted molar refractivity (Wildman–Crippen MR) is 196 cm³/mol. The van der Waals surface area contributed by atoms with Crippen LogP contribution in [-0.2, 0) is 44.7 Å². The van der Waals surface area contributed by atoms with Crippen LogP contribution in [0.1, 0.15) is 76.1 Å². The Hall–Kier alpha value is -5.65. The molecule has 0 spiro atoms. The predicted octanol–water partition coefficient (Wildman–Crippen LogP) is 4.95. The summed E-state index contributed by atoms with van der Waals surface area (Å²) >= 11 is 0. The summed E-state index contributed by atoms with van der Waals surface area (Å²) < 4.78 is 24.3. The Kier molecular flexibility index (Phi) is 11.5. The number of pyridine rings is 2. The number of nitrogens with zero attached hydrogens (tertiary/aromatic N) is 3. The minimum atomic E-state index is -1.22. The van der Waals surface area contributed by atoms with E-state index in [0.29, 0.717) is 31.2 Å². The Morgan fingerprint density at radius 2 is 1.09 bits per heavy atom. The second-order valence-electron chi connectivity index (χ2n) is 13.6. The van der Waals surface area contributed by atoms with Gasteiger partial charge in [-0.1, -0.05) is 48.5 Å². The molecule has 12 heteroatoms. The number of fused-ring (bicyclic) bond motifs is 2. The van der Waals surface area contributed by atoms with Gasteiger partial charge in [0.15, 0.2) is 5.82 Å². The van der Waals surface area contributed by atoms with Gasteiger partial charge in [-0.05, 0) is 67.5 Å². The fourth-order valence-corrected chi connectivity index (χ4v) is 7.43. The average Bonchev–Trinajstić information content (AvgIpc) is 3.75. The SMILES string of the molecule is CCOC(=O)C1(NC(=O)c2ccncc2F)Cc2ccccc2C1.CCOC(=O)C1(NC(=O)c2ccncc2N2CCCCC2)Cc2ccccc2C1. The highest BCUT2D eigenvalue weighted by Gasteiger charge is 2.48. The molecule has 7 rings (SSSR count). The van der Waals surface area contributed by atoms with E-state index in [2.05, 4.69) is 25.5 Å². The number of esters is 2. The van der Waals surface area contributed by atoms with Crippen LogP contribution in [0.4, 0.5) is 10.1 Å². The van der Waals surface area contributed by atoms with Crippen molar-refractivity contribution in [1.82, 2.24) is 20.6 Å². The number of hydrogen-bond acceptors (Lipinski definition) is 9.